The Balaban J connectivity index is 3.32. The standard InChI is InChI=1S/C10H9BrClFO/c1-6(5-11)8-3-7(12)4-9(13)10(8)14-2/h3-4H,1,5H2,2H3. The second kappa shape index (κ2) is 4.80. The molecule has 0 aromatic heterocycles. The van der Waals surface area contributed by atoms with Gasteiger partial charge >= 0.3 is 0 Å². The van der Waals surface area contributed by atoms with Gasteiger partial charge in [0.15, 0.2) is 11.6 Å². The third-order valence-electron chi connectivity index (χ3n) is 1.75. The number of alkyl halides is 1. The highest BCUT2D eigenvalue weighted by Crippen LogP contribution is 2.31. The Morgan fingerprint density at radius 2 is 2.29 bits per heavy atom. The molecule has 76 valence electrons. The van der Waals surface area contributed by atoms with Gasteiger partial charge in [-0.3, -0.25) is 0 Å². The van der Waals surface area contributed by atoms with E-state index in [0.29, 0.717) is 15.9 Å². The highest BCUT2D eigenvalue weighted by Gasteiger charge is 2.12. The lowest BCUT2D eigenvalue weighted by atomic mass is 10.1. The molecule has 0 bridgehead atoms. The monoisotopic (exact) mass is 278 g/mol. The fraction of sp³-hybridized carbons (Fsp3) is 0.200. The molecule has 0 saturated heterocycles. The summed E-state index contributed by atoms with van der Waals surface area (Å²) in [6.45, 7) is 3.78. The average molecular weight is 280 g/mol. The minimum Gasteiger partial charge on any atom is -0.493 e. The smallest absolute Gasteiger partial charge is 0.167 e. The van der Waals surface area contributed by atoms with Crippen molar-refractivity contribution in [3.05, 3.63) is 35.1 Å². The molecule has 1 nitrogen and oxygen atoms in total. The first-order chi connectivity index (χ1) is 6.60. The molecule has 0 amide bonds. The zero-order valence-electron chi connectivity index (χ0n) is 7.61. The Hall–Kier alpha value is -0.540. The average Bonchev–Trinajstić information content (AvgIpc) is 2.15. The zero-order chi connectivity index (χ0) is 10.7. The predicted molar refractivity (Wildman–Crippen MR) is 60.8 cm³/mol. The summed E-state index contributed by atoms with van der Waals surface area (Å²) in [7, 11) is 1.41. The number of allylic oxidation sites excluding steroid dienone is 1. The van der Waals surface area contributed by atoms with Crippen LogP contribution in [0.4, 0.5) is 4.39 Å². The molecule has 4 heteroatoms. The second-order valence-corrected chi connectivity index (χ2v) is 3.70. The third-order valence-corrected chi connectivity index (χ3v) is 2.65. The molecule has 0 saturated carbocycles. The summed E-state index contributed by atoms with van der Waals surface area (Å²) in [4.78, 5) is 0. The summed E-state index contributed by atoms with van der Waals surface area (Å²) in [6.07, 6.45) is 0. The molecule has 0 N–H and O–H groups in total. The van der Waals surface area contributed by atoms with E-state index < -0.39 is 5.82 Å². The molecule has 1 aromatic carbocycles. The van der Waals surface area contributed by atoms with E-state index >= 15 is 0 Å². The molecular formula is C10H9BrClFO. The van der Waals surface area contributed by atoms with Crippen molar-refractivity contribution in [2.75, 3.05) is 12.4 Å². The summed E-state index contributed by atoms with van der Waals surface area (Å²) in [5.74, 6) is -0.295. The summed E-state index contributed by atoms with van der Waals surface area (Å²) >= 11 is 8.97. The third kappa shape index (κ3) is 2.28. The highest BCUT2D eigenvalue weighted by molar-refractivity contribution is 9.09. The van der Waals surface area contributed by atoms with Crippen LogP contribution in [0.15, 0.2) is 18.7 Å². The van der Waals surface area contributed by atoms with Crippen molar-refractivity contribution in [2.45, 2.75) is 0 Å². The minimum atomic E-state index is -0.475. The van der Waals surface area contributed by atoms with Gasteiger partial charge in [0.05, 0.1) is 7.11 Å². The molecule has 0 aliphatic carbocycles. The first-order valence-electron chi connectivity index (χ1n) is 3.87. The molecule has 1 aromatic rings. The van der Waals surface area contributed by atoms with Crippen LogP contribution >= 0.6 is 27.5 Å². The molecule has 0 aliphatic rings. The molecule has 0 fully saturated rings. The normalized spacial score (nSPS) is 10.0. The first-order valence-corrected chi connectivity index (χ1v) is 5.37. The number of benzene rings is 1. The molecule has 0 radical (unpaired) electrons. The van der Waals surface area contributed by atoms with E-state index in [2.05, 4.69) is 22.5 Å². The van der Waals surface area contributed by atoms with Gasteiger partial charge in [-0.1, -0.05) is 34.1 Å². The Morgan fingerprint density at radius 1 is 1.64 bits per heavy atom. The van der Waals surface area contributed by atoms with Crippen LogP contribution in [0.1, 0.15) is 5.56 Å². The molecule has 0 heterocycles. The number of hydrogen-bond donors (Lipinski definition) is 0. The quantitative estimate of drug-likeness (QED) is 0.763. The van der Waals surface area contributed by atoms with Crippen LogP contribution < -0.4 is 4.74 Å². The van der Waals surface area contributed by atoms with Crippen molar-refractivity contribution in [1.29, 1.82) is 0 Å². The van der Waals surface area contributed by atoms with Crippen molar-refractivity contribution in [1.82, 2.24) is 0 Å². The lowest BCUT2D eigenvalue weighted by molar-refractivity contribution is 0.385. The van der Waals surface area contributed by atoms with E-state index in [9.17, 15) is 4.39 Å². The maximum Gasteiger partial charge on any atom is 0.167 e. The van der Waals surface area contributed by atoms with Crippen LogP contribution in [0, 0.1) is 5.82 Å². The number of halogens is 3. The summed E-state index contributed by atoms with van der Waals surface area (Å²) in [5.41, 5.74) is 1.32. The number of rotatable bonds is 3. The fourth-order valence-electron chi connectivity index (χ4n) is 1.10. The van der Waals surface area contributed by atoms with Crippen molar-refractivity contribution in [3.63, 3.8) is 0 Å². The maximum atomic E-state index is 13.3. The van der Waals surface area contributed by atoms with E-state index in [4.69, 9.17) is 16.3 Å². The van der Waals surface area contributed by atoms with Gasteiger partial charge in [0, 0.05) is 15.9 Å². The van der Waals surface area contributed by atoms with Gasteiger partial charge < -0.3 is 4.74 Å². The van der Waals surface area contributed by atoms with E-state index in [0.717, 1.165) is 5.57 Å². The molecule has 0 aliphatic heterocycles. The first kappa shape index (κ1) is 11.5. The van der Waals surface area contributed by atoms with E-state index in [1.165, 1.54) is 13.2 Å². The lowest BCUT2D eigenvalue weighted by Gasteiger charge is -2.10. The van der Waals surface area contributed by atoms with Gasteiger partial charge in [-0.25, -0.2) is 4.39 Å². The summed E-state index contributed by atoms with van der Waals surface area (Å²) < 4.78 is 18.3. The largest absolute Gasteiger partial charge is 0.493 e. The SMILES string of the molecule is C=C(CBr)c1cc(Cl)cc(F)c1OC. The Labute approximate surface area is 95.7 Å². The van der Waals surface area contributed by atoms with Crippen molar-refractivity contribution < 1.29 is 9.13 Å². The minimum absolute atomic E-state index is 0.179. The Kier molecular flexibility index (Phi) is 3.96. The van der Waals surface area contributed by atoms with Gasteiger partial charge in [-0.05, 0) is 17.7 Å². The Morgan fingerprint density at radius 3 is 2.79 bits per heavy atom. The van der Waals surface area contributed by atoms with E-state index in [1.807, 2.05) is 0 Å². The lowest BCUT2D eigenvalue weighted by Crippen LogP contribution is -1.95. The molecular weight excluding hydrogens is 270 g/mol. The van der Waals surface area contributed by atoms with Crippen molar-refractivity contribution in [2.24, 2.45) is 0 Å². The molecule has 0 unspecified atom stereocenters. The highest BCUT2D eigenvalue weighted by atomic mass is 79.9. The number of methoxy groups -OCH3 is 1. The summed E-state index contributed by atoms with van der Waals surface area (Å²) in [5, 5.41) is 0.878. The van der Waals surface area contributed by atoms with E-state index in [1.54, 1.807) is 6.07 Å². The predicted octanol–water partition coefficient (Wildman–Crippen LogP) is 3.90. The van der Waals surface area contributed by atoms with E-state index in [-0.39, 0.29) is 5.75 Å². The van der Waals surface area contributed by atoms with Gasteiger partial charge in [0.1, 0.15) is 0 Å². The molecule has 0 spiro atoms. The van der Waals surface area contributed by atoms with Gasteiger partial charge in [-0.15, -0.1) is 0 Å². The maximum absolute atomic E-state index is 13.3. The van der Waals surface area contributed by atoms with Gasteiger partial charge in [-0.2, -0.15) is 0 Å². The fourth-order valence-corrected chi connectivity index (χ4v) is 1.61. The molecule has 1 rings (SSSR count). The second-order valence-electron chi connectivity index (χ2n) is 2.71. The summed E-state index contributed by atoms with van der Waals surface area (Å²) in [6, 6.07) is 2.85. The van der Waals surface area contributed by atoms with Crippen LogP contribution in [-0.2, 0) is 0 Å². The number of ether oxygens (including phenoxy) is 1. The Bertz CT molecular complexity index is 365. The molecule has 14 heavy (non-hydrogen) atoms. The zero-order valence-corrected chi connectivity index (χ0v) is 9.95. The van der Waals surface area contributed by atoms with Crippen molar-refractivity contribution >= 4 is 33.1 Å². The van der Waals surface area contributed by atoms with Crippen LogP contribution in [0.2, 0.25) is 5.02 Å². The van der Waals surface area contributed by atoms with Crippen LogP contribution in [0.25, 0.3) is 5.57 Å². The topological polar surface area (TPSA) is 9.23 Å². The molecule has 0 atom stereocenters. The van der Waals surface area contributed by atoms with Crippen LogP contribution in [0.3, 0.4) is 0 Å². The van der Waals surface area contributed by atoms with Gasteiger partial charge in [0.2, 0.25) is 0 Å². The number of hydrogen-bond acceptors (Lipinski definition) is 1. The van der Waals surface area contributed by atoms with Crippen LogP contribution in [-0.4, -0.2) is 12.4 Å². The van der Waals surface area contributed by atoms with Gasteiger partial charge in [0.25, 0.3) is 0 Å². The van der Waals surface area contributed by atoms with Crippen LogP contribution in [0.5, 0.6) is 5.75 Å². The van der Waals surface area contributed by atoms with Crippen molar-refractivity contribution in [3.8, 4) is 5.75 Å².